The van der Waals surface area contributed by atoms with Crippen molar-refractivity contribution in [3.63, 3.8) is 0 Å². The van der Waals surface area contributed by atoms with E-state index in [4.69, 9.17) is 5.73 Å². The topological polar surface area (TPSA) is 90.9 Å². The van der Waals surface area contributed by atoms with E-state index >= 15 is 0 Å². The molecule has 0 aliphatic carbocycles. The highest BCUT2D eigenvalue weighted by atomic mass is 16.1. The number of hydrogen-bond donors (Lipinski definition) is 3. The highest BCUT2D eigenvalue weighted by Crippen LogP contribution is 2.23. The van der Waals surface area contributed by atoms with Crippen molar-refractivity contribution in [2.75, 3.05) is 16.4 Å². The van der Waals surface area contributed by atoms with Crippen LogP contribution in [0.2, 0.25) is 0 Å². The fraction of sp³-hybridized carbons (Fsp3) is 0.200. The van der Waals surface area contributed by atoms with E-state index in [1.807, 2.05) is 24.3 Å². The van der Waals surface area contributed by atoms with Crippen LogP contribution in [-0.2, 0) is 17.6 Å². The SMILES string of the molecule is CCc1cccc(CC)c1N/C=C(/C#N)C(=O)Nc1ccc(N)cc1. The largest absolute Gasteiger partial charge is 0.399 e. The van der Waals surface area contributed by atoms with E-state index in [0.29, 0.717) is 11.4 Å². The molecule has 2 rings (SSSR count). The number of nitriles is 1. The van der Waals surface area contributed by atoms with Crippen LogP contribution in [-0.4, -0.2) is 5.91 Å². The van der Waals surface area contributed by atoms with Crippen LogP contribution >= 0.6 is 0 Å². The summed E-state index contributed by atoms with van der Waals surface area (Å²) in [6.07, 6.45) is 3.19. The Kier molecular flexibility index (Phi) is 6.19. The molecule has 1 amide bonds. The molecular formula is C20H22N4O. The molecule has 4 N–H and O–H groups in total. The summed E-state index contributed by atoms with van der Waals surface area (Å²) in [6.45, 7) is 4.14. The number of para-hydroxylation sites is 1. The smallest absolute Gasteiger partial charge is 0.267 e. The van der Waals surface area contributed by atoms with Crippen LogP contribution < -0.4 is 16.4 Å². The summed E-state index contributed by atoms with van der Waals surface area (Å²) in [6, 6.07) is 14.8. The summed E-state index contributed by atoms with van der Waals surface area (Å²) in [7, 11) is 0. The number of hydrogen-bond acceptors (Lipinski definition) is 4. The van der Waals surface area contributed by atoms with Crippen molar-refractivity contribution in [1.29, 1.82) is 5.26 Å². The minimum atomic E-state index is -0.466. The molecule has 5 nitrogen and oxygen atoms in total. The van der Waals surface area contributed by atoms with Crippen molar-refractivity contribution < 1.29 is 4.79 Å². The lowest BCUT2D eigenvalue weighted by Gasteiger charge is -2.13. The van der Waals surface area contributed by atoms with Crippen molar-refractivity contribution in [2.24, 2.45) is 0 Å². The second-order valence-corrected chi connectivity index (χ2v) is 5.55. The molecule has 0 atom stereocenters. The van der Waals surface area contributed by atoms with E-state index in [0.717, 1.165) is 29.7 Å². The highest BCUT2D eigenvalue weighted by Gasteiger charge is 2.11. The lowest BCUT2D eigenvalue weighted by molar-refractivity contribution is -0.112. The van der Waals surface area contributed by atoms with E-state index in [-0.39, 0.29) is 5.57 Å². The van der Waals surface area contributed by atoms with Gasteiger partial charge in [-0.15, -0.1) is 0 Å². The van der Waals surface area contributed by atoms with Crippen LogP contribution in [0.3, 0.4) is 0 Å². The van der Waals surface area contributed by atoms with Crippen molar-refractivity contribution in [1.82, 2.24) is 0 Å². The zero-order valence-electron chi connectivity index (χ0n) is 14.5. The summed E-state index contributed by atoms with van der Waals surface area (Å²) < 4.78 is 0. The molecule has 0 spiro atoms. The minimum absolute atomic E-state index is 0.00443. The lowest BCUT2D eigenvalue weighted by Crippen LogP contribution is -2.15. The third-order valence-electron chi connectivity index (χ3n) is 3.89. The molecule has 0 radical (unpaired) electrons. The van der Waals surface area contributed by atoms with Crippen molar-refractivity contribution >= 4 is 23.0 Å². The summed E-state index contributed by atoms with van der Waals surface area (Å²) in [5, 5.41) is 15.1. The molecule has 0 aliphatic heterocycles. The summed E-state index contributed by atoms with van der Waals surface area (Å²) in [5.41, 5.74) is 10.1. The summed E-state index contributed by atoms with van der Waals surface area (Å²) >= 11 is 0. The number of nitrogens with zero attached hydrogens (tertiary/aromatic N) is 1. The number of nitrogens with two attached hydrogens (primary N) is 1. The van der Waals surface area contributed by atoms with Crippen LogP contribution in [0.4, 0.5) is 17.1 Å². The van der Waals surface area contributed by atoms with E-state index in [1.54, 1.807) is 24.3 Å². The number of carbonyl (C=O) groups is 1. The van der Waals surface area contributed by atoms with Gasteiger partial charge in [-0.1, -0.05) is 32.0 Å². The Labute approximate surface area is 148 Å². The number of benzene rings is 2. The molecule has 0 bridgehead atoms. The standard InChI is InChI=1S/C20H22N4O/c1-3-14-6-5-7-15(4-2)19(14)23-13-16(12-21)20(25)24-18-10-8-17(22)9-11-18/h5-11,13,23H,3-4,22H2,1-2H3,(H,24,25)/b16-13-. The van der Waals surface area contributed by atoms with Gasteiger partial charge in [0.2, 0.25) is 0 Å². The second kappa shape index (κ2) is 8.55. The van der Waals surface area contributed by atoms with Gasteiger partial charge in [0, 0.05) is 23.3 Å². The van der Waals surface area contributed by atoms with Gasteiger partial charge in [-0.3, -0.25) is 4.79 Å². The lowest BCUT2D eigenvalue weighted by atomic mass is 10.0. The van der Waals surface area contributed by atoms with Gasteiger partial charge < -0.3 is 16.4 Å². The number of nitrogen functional groups attached to an aromatic ring is 1. The highest BCUT2D eigenvalue weighted by molar-refractivity contribution is 6.06. The van der Waals surface area contributed by atoms with Crippen LogP contribution in [0.25, 0.3) is 0 Å². The maximum Gasteiger partial charge on any atom is 0.267 e. The second-order valence-electron chi connectivity index (χ2n) is 5.55. The molecule has 2 aromatic carbocycles. The molecule has 5 heteroatoms. The van der Waals surface area contributed by atoms with Gasteiger partial charge in [0.05, 0.1) is 0 Å². The first kappa shape index (κ1) is 18.1. The number of aryl methyl sites for hydroxylation is 2. The first-order chi connectivity index (χ1) is 12.1. The predicted molar refractivity (Wildman–Crippen MR) is 102 cm³/mol. The Morgan fingerprint density at radius 2 is 1.72 bits per heavy atom. The maximum atomic E-state index is 12.3. The third kappa shape index (κ3) is 4.61. The van der Waals surface area contributed by atoms with E-state index in [9.17, 15) is 10.1 Å². The normalized spacial score (nSPS) is 10.8. The average molecular weight is 334 g/mol. The van der Waals surface area contributed by atoms with Crippen LogP contribution in [0.15, 0.2) is 54.2 Å². The van der Waals surface area contributed by atoms with Crippen molar-refractivity contribution in [3.8, 4) is 6.07 Å². The first-order valence-electron chi connectivity index (χ1n) is 8.23. The molecular weight excluding hydrogens is 312 g/mol. The monoisotopic (exact) mass is 334 g/mol. The molecule has 2 aromatic rings. The fourth-order valence-electron chi connectivity index (χ4n) is 2.49. The molecule has 0 heterocycles. The Morgan fingerprint density at radius 1 is 1.12 bits per heavy atom. The van der Waals surface area contributed by atoms with Gasteiger partial charge in [-0.25, -0.2) is 0 Å². The van der Waals surface area contributed by atoms with Gasteiger partial charge in [0.1, 0.15) is 11.6 Å². The number of rotatable bonds is 6. The molecule has 128 valence electrons. The Balaban J connectivity index is 2.19. The molecule has 25 heavy (non-hydrogen) atoms. The molecule has 0 unspecified atom stereocenters. The van der Waals surface area contributed by atoms with Crippen LogP contribution in [0, 0.1) is 11.3 Å². The van der Waals surface area contributed by atoms with Gasteiger partial charge in [0.25, 0.3) is 5.91 Å². The first-order valence-corrected chi connectivity index (χ1v) is 8.23. The molecule has 0 aliphatic rings. The zero-order chi connectivity index (χ0) is 18.2. The molecule has 0 saturated carbocycles. The van der Waals surface area contributed by atoms with Crippen molar-refractivity contribution in [3.05, 3.63) is 65.4 Å². The zero-order valence-corrected chi connectivity index (χ0v) is 14.5. The summed E-state index contributed by atoms with van der Waals surface area (Å²) in [5.74, 6) is -0.466. The summed E-state index contributed by atoms with van der Waals surface area (Å²) in [4.78, 5) is 12.3. The Morgan fingerprint density at radius 3 is 2.24 bits per heavy atom. The van der Waals surface area contributed by atoms with Gasteiger partial charge in [0.15, 0.2) is 0 Å². The molecule has 0 aromatic heterocycles. The van der Waals surface area contributed by atoms with E-state index < -0.39 is 5.91 Å². The molecule has 0 saturated heterocycles. The quantitative estimate of drug-likeness (QED) is 0.425. The number of carbonyl (C=O) groups excluding carboxylic acids is 1. The number of amides is 1. The number of nitrogens with one attached hydrogen (secondary N) is 2. The van der Waals surface area contributed by atoms with E-state index in [1.165, 1.54) is 6.20 Å². The van der Waals surface area contributed by atoms with Gasteiger partial charge in [-0.05, 0) is 48.2 Å². The Bertz CT molecular complexity index is 794. The average Bonchev–Trinajstić information content (AvgIpc) is 2.64. The van der Waals surface area contributed by atoms with Gasteiger partial charge in [-0.2, -0.15) is 5.26 Å². The van der Waals surface area contributed by atoms with Crippen molar-refractivity contribution in [2.45, 2.75) is 26.7 Å². The third-order valence-corrected chi connectivity index (χ3v) is 3.89. The Hall–Kier alpha value is -3.26. The fourth-order valence-corrected chi connectivity index (χ4v) is 2.49. The molecule has 0 fully saturated rings. The maximum absolute atomic E-state index is 12.3. The van der Waals surface area contributed by atoms with E-state index in [2.05, 4.69) is 24.5 Å². The predicted octanol–water partition coefficient (Wildman–Crippen LogP) is 3.85. The number of anilines is 3. The van der Waals surface area contributed by atoms with Crippen LogP contribution in [0.1, 0.15) is 25.0 Å². The minimum Gasteiger partial charge on any atom is -0.399 e. The van der Waals surface area contributed by atoms with Crippen LogP contribution in [0.5, 0.6) is 0 Å². The van der Waals surface area contributed by atoms with Gasteiger partial charge >= 0.3 is 0 Å².